The third-order valence-electron chi connectivity index (χ3n) is 6.66. The number of ether oxygens (including phenoxy) is 1. The van der Waals surface area contributed by atoms with Gasteiger partial charge >= 0.3 is 5.97 Å². The average Bonchev–Trinajstić information content (AvgIpc) is 3.77. The summed E-state index contributed by atoms with van der Waals surface area (Å²) in [5, 5.41) is 18.4. The highest BCUT2D eigenvalue weighted by Gasteiger charge is 2.52. The van der Waals surface area contributed by atoms with Gasteiger partial charge in [-0.25, -0.2) is 5.01 Å². The number of hydrazine groups is 1. The summed E-state index contributed by atoms with van der Waals surface area (Å²) in [6, 6.07) is 17.5. The molecule has 12 nitrogen and oxygen atoms in total. The van der Waals surface area contributed by atoms with E-state index >= 15 is 0 Å². The van der Waals surface area contributed by atoms with Crippen LogP contribution in [-0.2, 0) is 41.7 Å². The summed E-state index contributed by atoms with van der Waals surface area (Å²) in [6.07, 6.45) is -0.675. The minimum absolute atomic E-state index is 0.0703. The van der Waals surface area contributed by atoms with Crippen molar-refractivity contribution in [1.82, 2.24) is 26.4 Å². The monoisotopic (exact) mass is 581 g/mol. The number of hydrogen-bond donors (Lipinski definition) is 5. The molecule has 2 aromatic rings. The second-order valence-corrected chi connectivity index (χ2v) is 10.5. The number of carboxylic acid groups (broad SMARTS) is 1. The lowest BCUT2D eigenvalue weighted by atomic mass is 10.0. The Labute approximate surface area is 245 Å². The van der Waals surface area contributed by atoms with Crippen molar-refractivity contribution in [2.75, 3.05) is 13.1 Å². The number of benzene rings is 2. The first-order valence-electron chi connectivity index (χ1n) is 13.9. The van der Waals surface area contributed by atoms with E-state index in [4.69, 9.17) is 4.74 Å². The van der Waals surface area contributed by atoms with Crippen LogP contribution >= 0.6 is 0 Å². The van der Waals surface area contributed by atoms with Crippen LogP contribution in [0.3, 0.4) is 0 Å². The summed E-state index contributed by atoms with van der Waals surface area (Å²) in [5.74, 6) is -4.07. The Morgan fingerprint density at radius 3 is 2.10 bits per heavy atom. The Hall–Kier alpha value is -4.29. The van der Waals surface area contributed by atoms with Gasteiger partial charge in [-0.05, 0) is 43.4 Å². The number of nitrogens with zero attached hydrogens (tertiary/aromatic N) is 1. The molecule has 0 radical (unpaired) electrons. The van der Waals surface area contributed by atoms with E-state index in [1.54, 1.807) is 0 Å². The van der Waals surface area contributed by atoms with Crippen LogP contribution in [0.5, 0.6) is 0 Å². The van der Waals surface area contributed by atoms with Crippen molar-refractivity contribution >= 4 is 29.6 Å². The molecule has 1 aliphatic rings. The van der Waals surface area contributed by atoms with E-state index in [1.165, 1.54) is 12.5 Å². The summed E-state index contributed by atoms with van der Waals surface area (Å²) in [5.41, 5.74) is 4.30. The molecule has 1 fully saturated rings. The van der Waals surface area contributed by atoms with E-state index in [2.05, 4.69) is 21.4 Å². The zero-order valence-electron chi connectivity index (χ0n) is 24.0. The molecule has 0 unspecified atom stereocenters. The van der Waals surface area contributed by atoms with Crippen molar-refractivity contribution in [3.05, 3.63) is 71.8 Å². The van der Waals surface area contributed by atoms with Crippen LogP contribution in [0, 0.1) is 5.92 Å². The molecule has 3 rings (SSSR count). The highest BCUT2D eigenvalue weighted by atomic mass is 16.6. The molecule has 0 saturated carbocycles. The van der Waals surface area contributed by atoms with Crippen molar-refractivity contribution in [1.29, 1.82) is 0 Å². The third kappa shape index (κ3) is 9.96. The molecule has 0 aromatic heterocycles. The van der Waals surface area contributed by atoms with Gasteiger partial charge in [0.1, 0.15) is 12.6 Å². The minimum Gasteiger partial charge on any atom is -0.480 e. The molecule has 1 aliphatic heterocycles. The van der Waals surface area contributed by atoms with E-state index < -0.39 is 60.4 Å². The minimum atomic E-state index is -1.38. The van der Waals surface area contributed by atoms with Crippen molar-refractivity contribution in [3.63, 3.8) is 0 Å². The van der Waals surface area contributed by atoms with Crippen LogP contribution in [0.1, 0.15) is 38.3 Å². The number of carboxylic acids is 1. The Bertz CT molecular complexity index is 1230. The maximum atomic E-state index is 13.0. The van der Waals surface area contributed by atoms with Gasteiger partial charge in [0.15, 0.2) is 12.2 Å². The number of aliphatic carboxylic acids is 1. The fourth-order valence-electron chi connectivity index (χ4n) is 4.27. The molecule has 0 bridgehead atoms. The fourth-order valence-corrected chi connectivity index (χ4v) is 4.27. The van der Waals surface area contributed by atoms with Crippen molar-refractivity contribution in [2.24, 2.45) is 5.92 Å². The van der Waals surface area contributed by atoms with Crippen LogP contribution in [0.25, 0.3) is 0 Å². The largest absolute Gasteiger partial charge is 0.480 e. The molecular weight excluding hydrogens is 542 g/mol. The van der Waals surface area contributed by atoms with E-state index in [9.17, 15) is 29.1 Å². The van der Waals surface area contributed by atoms with Crippen molar-refractivity contribution < 1.29 is 33.8 Å². The van der Waals surface area contributed by atoms with Gasteiger partial charge in [-0.1, -0.05) is 74.5 Å². The Morgan fingerprint density at radius 2 is 1.50 bits per heavy atom. The van der Waals surface area contributed by atoms with Crippen LogP contribution in [0.15, 0.2) is 60.7 Å². The number of carbonyl (C=O) groups excluding carboxylic acids is 4. The number of epoxide rings is 1. The Kier molecular flexibility index (Phi) is 12.0. The predicted molar refractivity (Wildman–Crippen MR) is 153 cm³/mol. The van der Waals surface area contributed by atoms with E-state index in [-0.39, 0.29) is 12.5 Å². The molecule has 1 saturated heterocycles. The first kappa shape index (κ1) is 32.2. The second-order valence-electron chi connectivity index (χ2n) is 10.5. The number of aryl methyl sites for hydroxylation is 1. The number of carbonyl (C=O) groups is 5. The maximum Gasteiger partial charge on any atom is 0.325 e. The average molecular weight is 582 g/mol. The SMILES string of the molecule is CC(C)[C@H](NCCCc1ccccc1)C(=O)N[C@@H](C)C(=O)NN(CC(=O)O)C(=O)[C@@H]1O[C@H]1C(=O)NCc1ccccc1. The highest BCUT2D eigenvalue weighted by Crippen LogP contribution is 2.24. The first-order valence-corrected chi connectivity index (χ1v) is 13.9. The summed E-state index contributed by atoms with van der Waals surface area (Å²) < 4.78 is 5.21. The van der Waals surface area contributed by atoms with E-state index in [0.717, 1.165) is 18.4 Å². The van der Waals surface area contributed by atoms with Gasteiger partial charge in [0.25, 0.3) is 17.7 Å². The molecule has 5 N–H and O–H groups in total. The van der Waals surface area contributed by atoms with E-state index in [1.807, 2.05) is 74.5 Å². The molecule has 4 amide bonds. The smallest absolute Gasteiger partial charge is 0.325 e. The molecule has 0 spiro atoms. The van der Waals surface area contributed by atoms with Gasteiger partial charge in [0.2, 0.25) is 5.91 Å². The molecule has 4 atom stereocenters. The Balaban J connectivity index is 1.49. The van der Waals surface area contributed by atoms with Gasteiger partial charge < -0.3 is 25.8 Å². The fraction of sp³-hybridized carbons (Fsp3) is 0.433. The highest BCUT2D eigenvalue weighted by molar-refractivity contribution is 5.97. The zero-order valence-corrected chi connectivity index (χ0v) is 24.0. The molecule has 226 valence electrons. The van der Waals surface area contributed by atoms with Gasteiger partial charge in [0, 0.05) is 6.54 Å². The van der Waals surface area contributed by atoms with Crippen LogP contribution in [0.2, 0.25) is 0 Å². The summed E-state index contributed by atoms with van der Waals surface area (Å²) in [6.45, 7) is 5.15. The van der Waals surface area contributed by atoms with Gasteiger partial charge in [-0.3, -0.25) is 29.4 Å². The van der Waals surface area contributed by atoms with Gasteiger partial charge in [-0.15, -0.1) is 0 Å². The summed E-state index contributed by atoms with van der Waals surface area (Å²) in [4.78, 5) is 62.5. The second kappa shape index (κ2) is 15.6. The molecule has 42 heavy (non-hydrogen) atoms. The first-order chi connectivity index (χ1) is 20.1. The van der Waals surface area contributed by atoms with Crippen molar-refractivity contribution in [3.8, 4) is 0 Å². The number of amides is 4. The topological polar surface area (TPSA) is 169 Å². The normalized spacial score (nSPS) is 17.0. The third-order valence-corrected chi connectivity index (χ3v) is 6.66. The van der Waals surface area contributed by atoms with E-state index in [0.29, 0.717) is 11.6 Å². The summed E-state index contributed by atoms with van der Waals surface area (Å²) >= 11 is 0. The zero-order chi connectivity index (χ0) is 30.6. The lowest BCUT2D eigenvalue weighted by Crippen LogP contribution is -2.58. The van der Waals surface area contributed by atoms with Crippen LogP contribution in [0.4, 0.5) is 0 Å². The quantitative estimate of drug-likeness (QED) is 0.117. The standard InChI is InChI=1S/C30H39N5O7/c1-19(2)24(31-16-10-15-21-11-6-4-7-12-21)28(39)33-20(3)27(38)34-35(18-23(36)37)30(41)26-25(42-26)29(40)32-17-22-13-8-5-9-14-22/h4-9,11-14,19-20,24-26,31H,10,15-18H2,1-3H3,(H,32,40)(H,33,39)(H,34,38)(H,36,37)/t20-,24-,25+,26+/m0/s1. The van der Waals surface area contributed by atoms with Crippen molar-refractivity contribution in [2.45, 2.75) is 64.4 Å². The molecular formula is C30H39N5O7. The maximum absolute atomic E-state index is 13.0. The molecule has 12 heteroatoms. The summed E-state index contributed by atoms with van der Waals surface area (Å²) in [7, 11) is 0. The van der Waals surface area contributed by atoms with Crippen LogP contribution in [-0.4, -0.2) is 77.1 Å². The number of nitrogens with one attached hydrogen (secondary N) is 4. The van der Waals surface area contributed by atoms with Gasteiger partial charge in [0.05, 0.1) is 6.04 Å². The van der Waals surface area contributed by atoms with Gasteiger partial charge in [-0.2, -0.15) is 0 Å². The molecule has 2 aromatic carbocycles. The molecule has 0 aliphatic carbocycles. The lowest BCUT2D eigenvalue weighted by molar-refractivity contribution is -0.151. The predicted octanol–water partition coefficient (Wildman–Crippen LogP) is 0.766. The lowest BCUT2D eigenvalue weighted by Gasteiger charge is -2.26. The Morgan fingerprint density at radius 1 is 0.881 bits per heavy atom. The number of rotatable bonds is 15. The van der Waals surface area contributed by atoms with Crippen LogP contribution < -0.4 is 21.4 Å². The molecule has 1 heterocycles. The number of hydrogen-bond acceptors (Lipinski definition) is 7.